The molecule has 0 aromatic carbocycles. The summed E-state index contributed by atoms with van der Waals surface area (Å²) in [6.45, 7) is -0.755. The van der Waals surface area contributed by atoms with Gasteiger partial charge in [0.2, 0.25) is 0 Å². The molecule has 1 amide bonds. The summed E-state index contributed by atoms with van der Waals surface area (Å²) in [5.74, 6) is -2.39. The molecule has 0 spiro atoms. The number of rotatable bonds is 2. The Morgan fingerprint density at radius 3 is 2.22 bits per heavy atom. The minimum Gasteiger partial charge on any atom is -0.394 e. The van der Waals surface area contributed by atoms with Gasteiger partial charge in [-0.2, -0.15) is 13.2 Å². The molecule has 0 aliphatic carbocycles. The Bertz CT molecular complexity index is 312. The first-order valence-corrected chi connectivity index (χ1v) is 4.86. The fraction of sp³-hybridized carbons (Fsp3) is 0.875. The monoisotopic (exact) mass is 275 g/mol. The van der Waals surface area contributed by atoms with E-state index < -0.39 is 49.3 Å². The Hall–Kier alpha value is -0.940. The number of alkyl halides is 3. The zero-order chi connectivity index (χ0) is 14.1. The van der Waals surface area contributed by atoms with E-state index in [1.54, 1.807) is 0 Å². The average Bonchev–Trinajstić information content (AvgIpc) is 2.27. The van der Waals surface area contributed by atoms with Gasteiger partial charge in [-0.3, -0.25) is 4.79 Å². The van der Waals surface area contributed by atoms with E-state index in [2.05, 4.69) is 4.74 Å². The molecular weight excluding hydrogens is 263 g/mol. The number of aliphatic hydroxyl groups excluding tert-OH is 4. The van der Waals surface area contributed by atoms with Crippen LogP contribution >= 0.6 is 0 Å². The van der Waals surface area contributed by atoms with E-state index in [0.717, 1.165) is 0 Å². The summed E-state index contributed by atoms with van der Waals surface area (Å²) >= 11 is 0. The molecule has 1 aliphatic rings. The first kappa shape index (κ1) is 15.1. The predicted molar refractivity (Wildman–Crippen MR) is 48.0 cm³/mol. The Morgan fingerprint density at radius 1 is 1.22 bits per heavy atom. The molecule has 5 N–H and O–H groups in total. The maximum Gasteiger partial charge on any atom is 0.471 e. The van der Waals surface area contributed by atoms with Gasteiger partial charge in [0, 0.05) is 0 Å². The number of hydrogen-bond acceptors (Lipinski definition) is 6. The molecule has 0 aromatic rings. The highest BCUT2D eigenvalue weighted by Gasteiger charge is 2.48. The van der Waals surface area contributed by atoms with Crippen molar-refractivity contribution in [2.24, 2.45) is 0 Å². The summed E-state index contributed by atoms with van der Waals surface area (Å²) in [5, 5.41) is 38.1. The number of carbonyl (C=O) groups excluding carboxylic acids is 1. The minimum atomic E-state index is -5.20. The fourth-order valence-corrected chi connectivity index (χ4v) is 1.49. The molecule has 1 heterocycles. The zero-order valence-corrected chi connectivity index (χ0v) is 8.83. The molecule has 1 rings (SSSR count). The van der Waals surface area contributed by atoms with Crippen LogP contribution in [0, 0.1) is 0 Å². The molecular formula is C8H12F3NO6. The quantitative estimate of drug-likeness (QED) is 0.379. The van der Waals surface area contributed by atoms with Gasteiger partial charge in [-0.05, 0) is 0 Å². The molecule has 0 bridgehead atoms. The number of carbonyl (C=O) groups is 1. The minimum absolute atomic E-state index is 0.755. The molecule has 18 heavy (non-hydrogen) atoms. The van der Waals surface area contributed by atoms with Crippen molar-refractivity contribution < 1.29 is 43.1 Å². The van der Waals surface area contributed by atoms with Gasteiger partial charge >= 0.3 is 12.1 Å². The van der Waals surface area contributed by atoms with E-state index >= 15 is 0 Å². The number of hydrogen-bond donors (Lipinski definition) is 5. The molecule has 0 unspecified atom stereocenters. The van der Waals surface area contributed by atoms with E-state index in [1.807, 2.05) is 0 Å². The maximum absolute atomic E-state index is 12.0. The van der Waals surface area contributed by atoms with Crippen LogP contribution in [0.15, 0.2) is 0 Å². The molecule has 1 saturated heterocycles. The van der Waals surface area contributed by atoms with E-state index in [1.165, 1.54) is 5.32 Å². The van der Waals surface area contributed by atoms with E-state index in [0.29, 0.717) is 0 Å². The van der Waals surface area contributed by atoms with Crippen molar-refractivity contribution in [3.8, 4) is 0 Å². The van der Waals surface area contributed by atoms with Crippen LogP contribution in [0.3, 0.4) is 0 Å². The first-order chi connectivity index (χ1) is 8.18. The number of halogens is 3. The lowest BCUT2D eigenvalue weighted by molar-refractivity contribution is -0.256. The lowest BCUT2D eigenvalue weighted by Crippen LogP contribution is -2.65. The third kappa shape index (κ3) is 3.09. The van der Waals surface area contributed by atoms with Crippen molar-refractivity contribution in [2.45, 2.75) is 36.8 Å². The molecule has 7 nitrogen and oxygen atoms in total. The van der Waals surface area contributed by atoms with Gasteiger partial charge in [-0.15, -0.1) is 0 Å². The van der Waals surface area contributed by atoms with Crippen molar-refractivity contribution in [3.63, 3.8) is 0 Å². The molecule has 10 heteroatoms. The molecule has 0 aromatic heterocycles. The second-order valence-corrected chi connectivity index (χ2v) is 3.73. The summed E-state index contributed by atoms with van der Waals surface area (Å²) in [4.78, 5) is 10.6. The van der Waals surface area contributed by atoms with Crippen molar-refractivity contribution in [1.29, 1.82) is 0 Å². The summed E-state index contributed by atoms with van der Waals surface area (Å²) in [5.41, 5.74) is 0. The standard InChI is InChI=1S/C8H12F3NO6/c9-8(10,11)7(17)12-3-5(15)4(14)2(1-13)18-6(3)16/h2-6,13-16H,1H2,(H,12,17)/t2-,3-,4+,5-,6-/m1/s1. The molecule has 106 valence electrons. The van der Waals surface area contributed by atoms with Crippen molar-refractivity contribution >= 4 is 5.91 Å². The second kappa shape index (κ2) is 5.36. The number of aliphatic hydroxyl groups is 4. The van der Waals surface area contributed by atoms with Gasteiger partial charge in [0.1, 0.15) is 24.4 Å². The Morgan fingerprint density at radius 2 is 1.78 bits per heavy atom. The van der Waals surface area contributed by atoms with Gasteiger partial charge in [0.05, 0.1) is 6.61 Å². The SMILES string of the molecule is O=C(N[C@@H]1[C@@H](O)[C@@H](O)[C@@H](CO)O[C@H]1O)C(F)(F)F. The summed E-state index contributed by atoms with van der Waals surface area (Å²) in [7, 11) is 0. The van der Waals surface area contributed by atoms with Crippen LogP contribution in [-0.4, -0.2) is 69.8 Å². The van der Waals surface area contributed by atoms with Crippen LogP contribution in [0.25, 0.3) is 0 Å². The van der Waals surface area contributed by atoms with Crippen molar-refractivity contribution in [1.82, 2.24) is 5.32 Å². The number of ether oxygens (including phenoxy) is 1. The van der Waals surface area contributed by atoms with Crippen LogP contribution < -0.4 is 5.32 Å². The smallest absolute Gasteiger partial charge is 0.394 e. The van der Waals surface area contributed by atoms with Crippen LogP contribution in [0.5, 0.6) is 0 Å². The average molecular weight is 275 g/mol. The summed E-state index contributed by atoms with van der Waals surface area (Å²) < 4.78 is 40.5. The third-order valence-corrected chi connectivity index (χ3v) is 2.46. The highest BCUT2D eigenvalue weighted by atomic mass is 19.4. The number of amides is 1. The van der Waals surface area contributed by atoms with Crippen LogP contribution in [-0.2, 0) is 9.53 Å². The Labute approximate surface area is 98.8 Å². The van der Waals surface area contributed by atoms with Crippen LogP contribution in [0.4, 0.5) is 13.2 Å². The fourth-order valence-electron chi connectivity index (χ4n) is 1.49. The molecule has 5 atom stereocenters. The van der Waals surface area contributed by atoms with Gasteiger partial charge in [-0.25, -0.2) is 0 Å². The Balaban J connectivity index is 2.74. The van der Waals surface area contributed by atoms with Gasteiger partial charge in [-0.1, -0.05) is 0 Å². The molecule has 1 fully saturated rings. The highest BCUT2D eigenvalue weighted by molar-refractivity contribution is 5.82. The lowest BCUT2D eigenvalue weighted by Gasteiger charge is -2.40. The van der Waals surface area contributed by atoms with Gasteiger partial charge in [0.15, 0.2) is 6.29 Å². The van der Waals surface area contributed by atoms with E-state index in [4.69, 9.17) is 5.11 Å². The normalized spacial score (nSPS) is 37.4. The summed E-state index contributed by atoms with van der Waals surface area (Å²) in [6, 6.07) is -1.85. The zero-order valence-electron chi connectivity index (χ0n) is 8.83. The van der Waals surface area contributed by atoms with Crippen LogP contribution in [0.1, 0.15) is 0 Å². The molecule has 0 radical (unpaired) electrons. The topological polar surface area (TPSA) is 119 Å². The first-order valence-electron chi connectivity index (χ1n) is 4.86. The van der Waals surface area contributed by atoms with E-state index in [9.17, 15) is 33.3 Å². The Kier molecular flexibility index (Phi) is 4.50. The molecule has 0 saturated carbocycles. The van der Waals surface area contributed by atoms with Crippen molar-refractivity contribution in [3.05, 3.63) is 0 Å². The van der Waals surface area contributed by atoms with Crippen LogP contribution in [0.2, 0.25) is 0 Å². The second-order valence-electron chi connectivity index (χ2n) is 3.73. The predicted octanol–water partition coefficient (Wildman–Crippen LogP) is -2.54. The van der Waals surface area contributed by atoms with Gasteiger partial charge in [0.25, 0.3) is 0 Å². The third-order valence-electron chi connectivity index (χ3n) is 2.46. The number of nitrogens with one attached hydrogen (secondary N) is 1. The maximum atomic E-state index is 12.0. The molecule has 1 aliphatic heterocycles. The summed E-state index contributed by atoms with van der Waals surface area (Å²) in [6.07, 6.45) is -12.2. The van der Waals surface area contributed by atoms with Crippen molar-refractivity contribution in [2.75, 3.05) is 6.61 Å². The lowest BCUT2D eigenvalue weighted by atomic mass is 9.97. The van der Waals surface area contributed by atoms with E-state index in [-0.39, 0.29) is 0 Å². The highest BCUT2D eigenvalue weighted by Crippen LogP contribution is 2.21. The largest absolute Gasteiger partial charge is 0.471 e. The van der Waals surface area contributed by atoms with Gasteiger partial charge < -0.3 is 30.5 Å².